The summed E-state index contributed by atoms with van der Waals surface area (Å²) in [5.41, 5.74) is -1.07. The van der Waals surface area contributed by atoms with E-state index in [4.69, 9.17) is 9.47 Å². The molecule has 0 heterocycles. The number of methoxy groups -OCH3 is 1. The standard InChI is InChI=1S/C17H15F3N2O5/c1-26-15-7-4-12(22(24)25)10-14(15)16(23)21-8-9-27-13-5-2-11(3-6-13)17(18,19)20/h2-7,10H,8-9H2,1H3,(H,21,23). The fourth-order valence-corrected chi connectivity index (χ4v) is 2.16. The van der Waals surface area contributed by atoms with Crippen LogP contribution in [0.3, 0.4) is 0 Å². The van der Waals surface area contributed by atoms with Gasteiger partial charge in [-0.3, -0.25) is 14.9 Å². The highest BCUT2D eigenvalue weighted by molar-refractivity contribution is 5.97. The number of benzene rings is 2. The molecule has 0 radical (unpaired) electrons. The van der Waals surface area contributed by atoms with Gasteiger partial charge in [0, 0.05) is 12.1 Å². The average molecular weight is 384 g/mol. The van der Waals surface area contributed by atoms with E-state index in [1.807, 2.05) is 0 Å². The van der Waals surface area contributed by atoms with Crippen molar-refractivity contribution in [3.63, 3.8) is 0 Å². The van der Waals surface area contributed by atoms with Crippen LogP contribution in [0.2, 0.25) is 0 Å². The highest BCUT2D eigenvalue weighted by Crippen LogP contribution is 2.30. The number of nitrogens with zero attached hydrogens (tertiary/aromatic N) is 1. The van der Waals surface area contributed by atoms with Crippen LogP contribution in [0.25, 0.3) is 0 Å². The molecule has 144 valence electrons. The number of carbonyl (C=O) groups excluding carboxylic acids is 1. The zero-order chi connectivity index (χ0) is 20.0. The zero-order valence-corrected chi connectivity index (χ0v) is 14.1. The van der Waals surface area contributed by atoms with E-state index in [0.717, 1.165) is 18.2 Å². The van der Waals surface area contributed by atoms with E-state index in [1.165, 1.54) is 31.4 Å². The van der Waals surface area contributed by atoms with Gasteiger partial charge in [-0.05, 0) is 30.3 Å². The van der Waals surface area contributed by atoms with Crippen LogP contribution >= 0.6 is 0 Å². The number of halogens is 3. The van der Waals surface area contributed by atoms with E-state index in [1.54, 1.807) is 0 Å². The average Bonchev–Trinajstić information content (AvgIpc) is 2.64. The lowest BCUT2D eigenvalue weighted by Gasteiger charge is -2.11. The van der Waals surface area contributed by atoms with Crippen molar-refractivity contribution >= 4 is 11.6 Å². The molecule has 10 heteroatoms. The summed E-state index contributed by atoms with van der Waals surface area (Å²) in [7, 11) is 1.33. The van der Waals surface area contributed by atoms with E-state index in [2.05, 4.69) is 5.32 Å². The first-order valence-corrected chi connectivity index (χ1v) is 7.63. The summed E-state index contributed by atoms with van der Waals surface area (Å²) in [4.78, 5) is 22.4. The first-order chi connectivity index (χ1) is 12.7. The van der Waals surface area contributed by atoms with Crippen LogP contribution in [0.5, 0.6) is 11.5 Å². The maximum absolute atomic E-state index is 12.5. The largest absolute Gasteiger partial charge is 0.496 e. The third kappa shape index (κ3) is 5.33. The van der Waals surface area contributed by atoms with Crippen LogP contribution in [-0.4, -0.2) is 31.1 Å². The minimum atomic E-state index is -4.43. The van der Waals surface area contributed by atoms with Crippen molar-refractivity contribution in [2.75, 3.05) is 20.3 Å². The van der Waals surface area contributed by atoms with E-state index in [9.17, 15) is 28.1 Å². The third-order valence-corrected chi connectivity index (χ3v) is 3.48. The number of hydrogen-bond acceptors (Lipinski definition) is 5. The Bertz CT molecular complexity index is 822. The lowest BCUT2D eigenvalue weighted by molar-refractivity contribution is -0.384. The fourth-order valence-electron chi connectivity index (χ4n) is 2.16. The second-order valence-corrected chi connectivity index (χ2v) is 5.27. The highest BCUT2D eigenvalue weighted by atomic mass is 19.4. The molecule has 0 unspecified atom stereocenters. The number of alkyl halides is 3. The molecule has 27 heavy (non-hydrogen) atoms. The van der Waals surface area contributed by atoms with Gasteiger partial charge in [-0.15, -0.1) is 0 Å². The molecule has 2 aromatic rings. The van der Waals surface area contributed by atoms with Crippen molar-refractivity contribution in [2.45, 2.75) is 6.18 Å². The van der Waals surface area contributed by atoms with Crippen LogP contribution in [0.1, 0.15) is 15.9 Å². The fraction of sp³-hybridized carbons (Fsp3) is 0.235. The molecular weight excluding hydrogens is 369 g/mol. The minimum Gasteiger partial charge on any atom is -0.496 e. The molecule has 0 bridgehead atoms. The van der Waals surface area contributed by atoms with Gasteiger partial charge in [0.15, 0.2) is 0 Å². The molecule has 0 aliphatic heterocycles. The molecule has 2 aromatic carbocycles. The van der Waals surface area contributed by atoms with Crippen LogP contribution in [0.15, 0.2) is 42.5 Å². The Balaban J connectivity index is 1.91. The molecule has 0 saturated carbocycles. The SMILES string of the molecule is COc1ccc([N+](=O)[O-])cc1C(=O)NCCOc1ccc(C(F)(F)F)cc1. The number of non-ortho nitro benzene ring substituents is 1. The molecule has 0 aromatic heterocycles. The van der Waals surface area contributed by atoms with Gasteiger partial charge in [-0.25, -0.2) is 0 Å². The number of nitro benzene ring substituents is 1. The van der Waals surface area contributed by atoms with Gasteiger partial charge in [0.25, 0.3) is 11.6 Å². The third-order valence-electron chi connectivity index (χ3n) is 3.48. The van der Waals surface area contributed by atoms with Crippen LogP contribution in [-0.2, 0) is 6.18 Å². The second kappa shape index (κ2) is 8.39. The Hall–Kier alpha value is -3.30. The number of nitro groups is 1. The summed E-state index contributed by atoms with van der Waals surface area (Å²) in [6.07, 6.45) is -4.43. The van der Waals surface area contributed by atoms with Crippen molar-refractivity contribution in [1.82, 2.24) is 5.32 Å². The van der Waals surface area contributed by atoms with Gasteiger partial charge in [0.05, 0.1) is 29.7 Å². The Kier molecular flexibility index (Phi) is 6.22. The summed E-state index contributed by atoms with van der Waals surface area (Å²) in [5, 5.41) is 13.3. The van der Waals surface area contributed by atoms with Crippen molar-refractivity contribution in [1.29, 1.82) is 0 Å². The highest BCUT2D eigenvalue weighted by Gasteiger charge is 2.30. The normalized spacial score (nSPS) is 11.0. The Morgan fingerprint density at radius 3 is 2.41 bits per heavy atom. The Morgan fingerprint density at radius 1 is 1.19 bits per heavy atom. The summed E-state index contributed by atoms with van der Waals surface area (Å²) < 4.78 is 47.7. The van der Waals surface area contributed by atoms with Crippen LogP contribution in [0, 0.1) is 10.1 Å². The molecule has 2 rings (SSSR count). The lowest BCUT2D eigenvalue weighted by Crippen LogP contribution is -2.28. The number of ether oxygens (including phenoxy) is 2. The molecule has 7 nitrogen and oxygen atoms in total. The molecule has 0 atom stereocenters. The van der Waals surface area contributed by atoms with E-state index in [-0.39, 0.29) is 35.9 Å². The number of hydrogen-bond donors (Lipinski definition) is 1. The van der Waals surface area contributed by atoms with Crippen molar-refractivity contribution < 1.29 is 32.4 Å². The molecule has 0 fully saturated rings. The Labute approximate surface area is 151 Å². The summed E-state index contributed by atoms with van der Waals surface area (Å²) in [6, 6.07) is 7.74. The van der Waals surface area contributed by atoms with Gasteiger partial charge in [0.2, 0.25) is 0 Å². The molecule has 1 N–H and O–H groups in total. The first kappa shape index (κ1) is 20.0. The number of nitrogens with one attached hydrogen (secondary N) is 1. The Morgan fingerprint density at radius 2 is 1.85 bits per heavy atom. The van der Waals surface area contributed by atoms with Crippen molar-refractivity contribution in [3.8, 4) is 11.5 Å². The summed E-state index contributed by atoms with van der Waals surface area (Å²) >= 11 is 0. The molecule has 0 aliphatic rings. The quantitative estimate of drug-likeness (QED) is 0.449. The topological polar surface area (TPSA) is 90.7 Å². The number of amides is 1. The molecule has 1 amide bonds. The van der Waals surface area contributed by atoms with Gasteiger partial charge in [0.1, 0.15) is 18.1 Å². The van der Waals surface area contributed by atoms with Gasteiger partial charge in [-0.1, -0.05) is 0 Å². The lowest BCUT2D eigenvalue weighted by atomic mass is 10.1. The maximum atomic E-state index is 12.5. The van der Waals surface area contributed by atoms with Crippen LogP contribution in [0.4, 0.5) is 18.9 Å². The van der Waals surface area contributed by atoms with E-state index < -0.39 is 22.6 Å². The minimum absolute atomic E-state index is 0.00561. The number of carbonyl (C=O) groups is 1. The molecule has 0 saturated heterocycles. The summed E-state index contributed by atoms with van der Waals surface area (Å²) in [6.45, 7) is 0.0278. The second-order valence-electron chi connectivity index (χ2n) is 5.27. The monoisotopic (exact) mass is 384 g/mol. The molecule has 0 spiro atoms. The van der Waals surface area contributed by atoms with Gasteiger partial charge in [-0.2, -0.15) is 13.2 Å². The van der Waals surface area contributed by atoms with Crippen molar-refractivity contribution in [2.24, 2.45) is 0 Å². The predicted molar refractivity (Wildman–Crippen MR) is 88.9 cm³/mol. The smallest absolute Gasteiger partial charge is 0.416 e. The van der Waals surface area contributed by atoms with Crippen LogP contribution < -0.4 is 14.8 Å². The van der Waals surface area contributed by atoms with Gasteiger partial charge < -0.3 is 14.8 Å². The zero-order valence-electron chi connectivity index (χ0n) is 14.1. The van der Waals surface area contributed by atoms with Crippen molar-refractivity contribution in [3.05, 3.63) is 63.7 Å². The summed E-state index contributed by atoms with van der Waals surface area (Å²) in [5.74, 6) is -0.224. The maximum Gasteiger partial charge on any atom is 0.416 e. The molecular formula is C17H15F3N2O5. The predicted octanol–water partition coefficient (Wildman–Crippen LogP) is 3.43. The first-order valence-electron chi connectivity index (χ1n) is 7.63. The van der Waals surface area contributed by atoms with E-state index in [0.29, 0.717) is 0 Å². The molecule has 0 aliphatic carbocycles. The van der Waals surface area contributed by atoms with E-state index >= 15 is 0 Å². The van der Waals surface area contributed by atoms with Gasteiger partial charge >= 0.3 is 6.18 Å². The number of rotatable bonds is 7.